The first kappa shape index (κ1) is 22.8. The Labute approximate surface area is 187 Å². The summed E-state index contributed by atoms with van der Waals surface area (Å²) in [5, 5.41) is 0.733. The number of hydrogen-bond acceptors (Lipinski definition) is 2. The average molecular weight is 427 g/mol. The summed E-state index contributed by atoms with van der Waals surface area (Å²) in [5.41, 5.74) is 3.72. The lowest BCUT2D eigenvalue weighted by atomic mass is 9.99. The summed E-state index contributed by atoms with van der Waals surface area (Å²) >= 11 is 6.03. The van der Waals surface area contributed by atoms with Gasteiger partial charge in [0.25, 0.3) is 0 Å². The lowest BCUT2D eigenvalue weighted by Crippen LogP contribution is -2.41. The zero-order valence-corrected chi connectivity index (χ0v) is 19.2. The summed E-state index contributed by atoms with van der Waals surface area (Å²) in [5.74, 6) is 1.08. The highest BCUT2D eigenvalue weighted by Crippen LogP contribution is 2.17. The molecule has 3 nitrogen and oxygen atoms in total. The van der Waals surface area contributed by atoms with Crippen LogP contribution in [0.2, 0.25) is 5.02 Å². The third-order valence-electron chi connectivity index (χ3n) is 6.18. The van der Waals surface area contributed by atoms with Crippen LogP contribution in [-0.2, 0) is 17.8 Å². The molecule has 2 aromatic rings. The summed E-state index contributed by atoms with van der Waals surface area (Å²) in [4.78, 5) is 17.6. The maximum absolute atomic E-state index is 13.1. The molecule has 0 aromatic heterocycles. The number of nitrogens with zero attached hydrogens (tertiary/aromatic N) is 2. The topological polar surface area (TPSA) is 23.6 Å². The van der Waals surface area contributed by atoms with Crippen molar-refractivity contribution >= 4 is 17.5 Å². The minimum atomic E-state index is 0.252. The van der Waals surface area contributed by atoms with E-state index in [2.05, 4.69) is 43.0 Å². The number of rotatable bonds is 9. The monoisotopic (exact) mass is 426 g/mol. The van der Waals surface area contributed by atoms with Crippen molar-refractivity contribution in [1.29, 1.82) is 0 Å². The van der Waals surface area contributed by atoms with Crippen molar-refractivity contribution in [2.24, 2.45) is 5.92 Å². The normalized spacial score (nSPS) is 15.3. The molecule has 0 N–H and O–H groups in total. The molecule has 1 amide bonds. The van der Waals surface area contributed by atoms with Gasteiger partial charge in [-0.1, -0.05) is 60.5 Å². The number of aryl methyl sites for hydroxylation is 2. The number of benzene rings is 2. The molecule has 4 heteroatoms. The second kappa shape index (κ2) is 11.5. The summed E-state index contributed by atoms with van der Waals surface area (Å²) < 4.78 is 0. The predicted octanol–water partition coefficient (Wildman–Crippen LogP) is 5.73. The molecule has 0 atom stereocenters. The van der Waals surface area contributed by atoms with Crippen molar-refractivity contribution in [2.45, 2.75) is 52.5 Å². The fraction of sp³-hybridized carbons (Fsp3) is 0.500. The van der Waals surface area contributed by atoms with E-state index in [1.54, 1.807) is 0 Å². The van der Waals surface area contributed by atoms with Gasteiger partial charge < -0.3 is 9.80 Å². The van der Waals surface area contributed by atoms with E-state index in [1.807, 2.05) is 29.2 Å². The van der Waals surface area contributed by atoms with E-state index in [0.717, 1.165) is 55.5 Å². The molecule has 1 fully saturated rings. The van der Waals surface area contributed by atoms with Crippen molar-refractivity contribution in [2.75, 3.05) is 26.2 Å². The predicted molar refractivity (Wildman–Crippen MR) is 126 cm³/mol. The summed E-state index contributed by atoms with van der Waals surface area (Å²) in [7, 11) is 0. The number of hydrogen-bond donors (Lipinski definition) is 0. The second-order valence-electron chi connectivity index (χ2n) is 8.81. The maximum atomic E-state index is 13.1. The number of carbonyl (C=O) groups is 1. The molecule has 0 aliphatic carbocycles. The van der Waals surface area contributed by atoms with Crippen molar-refractivity contribution in [3.63, 3.8) is 0 Å². The van der Waals surface area contributed by atoms with Crippen LogP contribution in [0.3, 0.4) is 0 Å². The number of piperidine rings is 1. The van der Waals surface area contributed by atoms with Gasteiger partial charge in [-0.15, -0.1) is 0 Å². The summed E-state index contributed by atoms with van der Waals surface area (Å²) in [6.07, 6.45) is 4.97. The molecule has 1 aliphatic heterocycles. The van der Waals surface area contributed by atoms with Crippen molar-refractivity contribution in [3.8, 4) is 0 Å². The van der Waals surface area contributed by atoms with E-state index in [4.69, 9.17) is 11.6 Å². The standard InChI is InChI=1S/C26H35ClN2O/c1-21-6-8-23(9-7-21)4-3-5-26(30)29(20-24-10-12-25(27)13-11-24)19-18-28-16-14-22(2)15-17-28/h6-13,22H,3-5,14-20H2,1-2H3. The molecule has 1 aliphatic rings. The van der Waals surface area contributed by atoms with Crippen molar-refractivity contribution in [3.05, 3.63) is 70.2 Å². The van der Waals surface area contributed by atoms with Crippen molar-refractivity contribution in [1.82, 2.24) is 9.80 Å². The molecular formula is C26H35ClN2O. The third-order valence-corrected chi connectivity index (χ3v) is 6.43. The van der Waals surface area contributed by atoms with Gasteiger partial charge in [0.15, 0.2) is 0 Å². The second-order valence-corrected chi connectivity index (χ2v) is 9.24. The minimum Gasteiger partial charge on any atom is -0.337 e. The molecule has 0 bridgehead atoms. The Hall–Kier alpha value is -1.84. The van der Waals surface area contributed by atoms with E-state index >= 15 is 0 Å². The van der Waals surface area contributed by atoms with Gasteiger partial charge in [0.1, 0.15) is 0 Å². The Morgan fingerprint density at radius 3 is 2.33 bits per heavy atom. The molecule has 3 rings (SSSR count). The first-order chi connectivity index (χ1) is 14.5. The van der Waals surface area contributed by atoms with Gasteiger partial charge in [0, 0.05) is 31.1 Å². The molecular weight excluding hydrogens is 392 g/mol. The van der Waals surface area contributed by atoms with E-state index in [9.17, 15) is 4.79 Å². The van der Waals surface area contributed by atoms with Crippen LogP contribution in [0.15, 0.2) is 48.5 Å². The molecule has 1 saturated heterocycles. The van der Waals surface area contributed by atoms with E-state index < -0.39 is 0 Å². The van der Waals surface area contributed by atoms with E-state index in [1.165, 1.54) is 24.0 Å². The summed E-state index contributed by atoms with van der Waals surface area (Å²) in [6.45, 7) is 9.15. The number of likely N-dealkylation sites (tertiary alicyclic amines) is 1. The number of halogens is 1. The Morgan fingerprint density at radius 2 is 1.67 bits per heavy atom. The number of amides is 1. The van der Waals surface area contributed by atoms with Crippen LogP contribution < -0.4 is 0 Å². The Morgan fingerprint density at radius 1 is 1.03 bits per heavy atom. The molecule has 1 heterocycles. The largest absolute Gasteiger partial charge is 0.337 e. The molecule has 2 aromatic carbocycles. The molecule has 0 radical (unpaired) electrons. The van der Waals surface area contributed by atoms with Crippen LogP contribution in [0.5, 0.6) is 0 Å². The molecule has 30 heavy (non-hydrogen) atoms. The van der Waals surface area contributed by atoms with Crippen LogP contribution in [0.25, 0.3) is 0 Å². The third kappa shape index (κ3) is 7.45. The Balaban J connectivity index is 1.54. The van der Waals surface area contributed by atoms with Gasteiger partial charge in [-0.05, 0) is 74.9 Å². The van der Waals surface area contributed by atoms with Crippen LogP contribution in [-0.4, -0.2) is 41.9 Å². The van der Waals surface area contributed by atoms with Crippen LogP contribution >= 0.6 is 11.6 Å². The quantitative estimate of drug-likeness (QED) is 0.511. The van der Waals surface area contributed by atoms with Crippen LogP contribution in [0.4, 0.5) is 0 Å². The first-order valence-electron chi connectivity index (χ1n) is 11.3. The lowest BCUT2D eigenvalue weighted by Gasteiger charge is -2.32. The van der Waals surface area contributed by atoms with Crippen LogP contribution in [0, 0.1) is 12.8 Å². The molecule has 0 saturated carbocycles. The smallest absolute Gasteiger partial charge is 0.222 e. The Kier molecular flexibility index (Phi) is 8.77. The van der Waals surface area contributed by atoms with Gasteiger partial charge in [-0.3, -0.25) is 4.79 Å². The highest BCUT2D eigenvalue weighted by Gasteiger charge is 2.19. The fourth-order valence-corrected chi connectivity index (χ4v) is 4.13. The van der Waals surface area contributed by atoms with Gasteiger partial charge in [-0.2, -0.15) is 0 Å². The zero-order valence-electron chi connectivity index (χ0n) is 18.4. The summed E-state index contributed by atoms with van der Waals surface area (Å²) in [6, 6.07) is 16.5. The van der Waals surface area contributed by atoms with E-state index in [0.29, 0.717) is 13.0 Å². The highest BCUT2D eigenvalue weighted by molar-refractivity contribution is 6.30. The Bertz CT molecular complexity index is 780. The number of carbonyl (C=O) groups excluding carboxylic acids is 1. The zero-order chi connectivity index (χ0) is 21.3. The first-order valence-corrected chi connectivity index (χ1v) is 11.7. The van der Waals surface area contributed by atoms with Gasteiger partial charge in [0.05, 0.1) is 0 Å². The highest BCUT2D eigenvalue weighted by atomic mass is 35.5. The van der Waals surface area contributed by atoms with Gasteiger partial charge >= 0.3 is 0 Å². The van der Waals surface area contributed by atoms with Crippen LogP contribution in [0.1, 0.15) is 49.3 Å². The fourth-order valence-electron chi connectivity index (χ4n) is 4.01. The van der Waals surface area contributed by atoms with Gasteiger partial charge in [-0.25, -0.2) is 0 Å². The lowest BCUT2D eigenvalue weighted by molar-refractivity contribution is -0.132. The molecule has 0 unspecified atom stereocenters. The molecule has 162 valence electrons. The molecule has 0 spiro atoms. The average Bonchev–Trinajstić information content (AvgIpc) is 2.75. The SMILES string of the molecule is Cc1ccc(CCCC(=O)N(CCN2CCC(C)CC2)Cc2ccc(Cl)cc2)cc1. The van der Waals surface area contributed by atoms with E-state index in [-0.39, 0.29) is 5.91 Å². The minimum absolute atomic E-state index is 0.252. The maximum Gasteiger partial charge on any atom is 0.222 e. The van der Waals surface area contributed by atoms with Crippen molar-refractivity contribution < 1.29 is 4.79 Å². The van der Waals surface area contributed by atoms with Gasteiger partial charge in [0.2, 0.25) is 5.91 Å².